The first kappa shape index (κ1) is 35.3. The quantitative estimate of drug-likeness (QED) is 0.162. The Morgan fingerprint density at radius 2 is 0.817 bits per heavy atom. The molecule has 3 nitrogen and oxygen atoms in total. The van der Waals surface area contributed by atoms with Gasteiger partial charge in [0.05, 0.1) is 11.4 Å². The van der Waals surface area contributed by atoms with Gasteiger partial charge in [-0.15, -0.1) is 0 Å². The third kappa shape index (κ3) is 6.25. The third-order valence-electron chi connectivity index (χ3n) is 11.7. The van der Waals surface area contributed by atoms with Crippen molar-refractivity contribution >= 4 is 32.7 Å². The maximum atomic E-state index is 6.71. The van der Waals surface area contributed by atoms with E-state index in [0.29, 0.717) is 5.82 Å². The lowest BCUT2D eigenvalue weighted by atomic mass is 9.90. The van der Waals surface area contributed by atoms with Gasteiger partial charge in [0.15, 0.2) is 5.82 Å². The van der Waals surface area contributed by atoms with Crippen LogP contribution in [0.15, 0.2) is 217 Å². The van der Waals surface area contributed by atoms with Crippen molar-refractivity contribution in [3.8, 4) is 78.4 Å². The first-order valence-corrected chi connectivity index (χ1v) is 20.4. The molecular weight excluding hydrogens is 729 g/mol. The molecule has 9 aromatic carbocycles. The van der Waals surface area contributed by atoms with Crippen LogP contribution in [-0.4, -0.2) is 9.97 Å². The van der Waals surface area contributed by atoms with Crippen molar-refractivity contribution in [1.82, 2.24) is 9.97 Å². The Kier molecular flexibility index (Phi) is 8.71. The summed E-state index contributed by atoms with van der Waals surface area (Å²) < 4.78 is 6.71. The minimum Gasteiger partial charge on any atom is -0.455 e. The van der Waals surface area contributed by atoms with Crippen LogP contribution in [0, 0.1) is 6.92 Å². The zero-order chi connectivity index (χ0) is 40.0. The molecule has 0 atom stereocenters. The van der Waals surface area contributed by atoms with Gasteiger partial charge >= 0.3 is 0 Å². The molecule has 0 saturated carbocycles. The topological polar surface area (TPSA) is 38.9 Å². The fourth-order valence-corrected chi connectivity index (χ4v) is 8.67. The van der Waals surface area contributed by atoms with Gasteiger partial charge in [0, 0.05) is 38.6 Å². The lowest BCUT2D eigenvalue weighted by Crippen LogP contribution is -2.00. The van der Waals surface area contributed by atoms with E-state index in [0.717, 1.165) is 94.2 Å². The van der Waals surface area contributed by atoms with E-state index in [1.807, 2.05) is 18.2 Å². The number of benzene rings is 9. The molecular formula is C57H38N2O. The van der Waals surface area contributed by atoms with Crippen molar-refractivity contribution in [2.24, 2.45) is 0 Å². The second-order valence-corrected chi connectivity index (χ2v) is 15.3. The first-order valence-electron chi connectivity index (χ1n) is 20.4. The summed E-state index contributed by atoms with van der Waals surface area (Å²) in [5.74, 6) is 0.677. The predicted molar refractivity (Wildman–Crippen MR) is 250 cm³/mol. The van der Waals surface area contributed by atoms with Crippen molar-refractivity contribution in [3.63, 3.8) is 0 Å². The number of rotatable bonds is 7. The Bertz CT molecular complexity index is 3330. The predicted octanol–water partition coefficient (Wildman–Crippen LogP) is 15.5. The van der Waals surface area contributed by atoms with Crippen molar-refractivity contribution in [1.29, 1.82) is 0 Å². The van der Waals surface area contributed by atoms with E-state index < -0.39 is 0 Å². The zero-order valence-electron chi connectivity index (χ0n) is 33.0. The largest absolute Gasteiger partial charge is 0.455 e. The van der Waals surface area contributed by atoms with E-state index in [4.69, 9.17) is 14.4 Å². The average molecular weight is 767 g/mol. The Labute approximate surface area is 348 Å². The molecule has 0 saturated heterocycles. The van der Waals surface area contributed by atoms with E-state index in [1.165, 1.54) is 16.7 Å². The molecule has 0 aliphatic heterocycles. The summed E-state index contributed by atoms with van der Waals surface area (Å²) in [5, 5.41) is 4.46. The molecule has 3 heteroatoms. The summed E-state index contributed by atoms with van der Waals surface area (Å²) in [6.07, 6.45) is 0. The highest BCUT2D eigenvalue weighted by Crippen LogP contribution is 2.45. The highest BCUT2D eigenvalue weighted by Gasteiger charge is 2.21. The maximum absolute atomic E-state index is 6.71. The first-order chi connectivity index (χ1) is 29.7. The Hall–Kier alpha value is -7.88. The van der Waals surface area contributed by atoms with Crippen molar-refractivity contribution in [3.05, 3.63) is 218 Å². The fourth-order valence-electron chi connectivity index (χ4n) is 8.67. The van der Waals surface area contributed by atoms with Gasteiger partial charge in [-0.3, -0.25) is 0 Å². The summed E-state index contributed by atoms with van der Waals surface area (Å²) in [4.78, 5) is 10.8. The molecule has 2 aromatic heterocycles. The Balaban J connectivity index is 1.07. The number of furan rings is 1. The van der Waals surface area contributed by atoms with Gasteiger partial charge in [-0.05, 0) is 80.9 Å². The summed E-state index contributed by atoms with van der Waals surface area (Å²) in [7, 11) is 0. The molecule has 0 bridgehead atoms. The summed E-state index contributed by atoms with van der Waals surface area (Å²) in [6, 6.07) is 74.9. The van der Waals surface area contributed by atoms with E-state index in [1.54, 1.807) is 0 Å². The molecule has 2 heterocycles. The zero-order valence-corrected chi connectivity index (χ0v) is 33.0. The van der Waals surface area contributed by atoms with Crippen molar-refractivity contribution in [2.45, 2.75) is 6.92 Å². The van der Waals surface area contributed by atoms with E-state index >= 15 is 0 Å². The summed E-state index contributed by atoms with van der Waals surface area (Å²) >= 11 is 0. The standard InChI is InChI=1S/C57H38N2O/c1-37-54(43-19-9-4-10-20-43)58-57(59-55(37)44-31-29-41(30-32-44)40-27-25-39(26-28-40)38-15-5-2-6-16-38)46-35-45-21-11-12-22-47(45)51(36-46)49-34-33-48(42-17-7-3-8-18-42)56-53(49)50-23-13-14-24-52(50)60-56/h2-36H,1H3. The fraction of sp³-hybridized carbons (Fsp3) is 0.0175. The van der Waals surface area contributed by atoms with Crippen LogP contribution < -0.4 is 0 Å². The second kappa shape index (κ2) is 14.8. The minimum atomic E-state index is 0.677. The highest BCUT2D eigenvalue weighted by atomic mass is 16.3. The minimum absolute atomic E-state index is 0.677. The Morgan fingerprint density at radius 3 is 1.45 bits per heavy atom. The van der Waals surface area contributed by atoms with Gasteiger partial charge in [-0.25, -0.2) is 9.97 Å². The number of fused-ring (bicyclic) bond motifs is 4. The SMILES string of the molecule is Cc1c(-c2ccccc2)nc(-c2cc(-c3ccc(-c4ccccc4)c4oc5ccccc5c34)c3ccccc3c2)nc1-c1ccc(-c2ccc(-c3ccccc3)cc2)cc1. The van der Waals surface area contributed by atoms with Crippen molar-refractivity contribution in [2.75, 3.05) is 0 Å². The van der Waals surface area contributed by atoms with Crippen LogP contribution in [0.5, 0.6) is 0 Å². The lowest BCUT2D eigenvalue weighted by molar-refractivity contribution is 0.670. The van der Waals surface area contributed by atoms with Crippen LogP contribution in [0.1, 0.15) is 5.56 Å². The highest BCUT2D eigenvalue weighted by molar-refractivity contribution is 6.18. The number of para-hydroxylation sites is 1. The van der Waals surface area contributed by atoms with Crippen LogP contribution in [0.25, 0.3) is 111 Å². The van der Waals surface area contributed by atoms with Crippen LogP contribution in [0.3, 0.4) is 0 Å². The van der Waals surface area contributed by atoms with Gasteiger partial charge in [0.25, 0.3) is 0 Å². The molecule has 11 rings (SSSR count). The van der Waals surface area contributed by atoms with Crippen LogP contribution in [0.2, 0.25) is 0 Å². The number of aromatic nitrogens is 2. The Morgan fingerprint density at radius 1 is 0.350 bits per heavy atom. The maximum Gasteiger partial charge on any atom is 0.160 e. The molecule has 0 fully saturated rings. The normalized spacial score (nSPS) is 11.4. The summed E-state index contributed by atoms with van der Waals surface area (Å²) in [5.41, 5.74) is 16.8. The van der Waals surface area contributed by atoms with E-state index in [-0.39, 0.29) is 0 Å². The molecule has 0 aliphatic rings. The average Bonchev–Trinajstić information content (AvgIpc) is 3.72. The lowest BCUT2D eigenvalue weighted by Gasteiger charge is -2.16. The van der Waals surface area contributed by atoms with Crippen LogP contribution in [0.4, 0.5) is 0 Å². The van der Waals surface area contributed by atoms with E-state index in [2.05, 4.69) is 201 Å². The van der Waals surface area contributed by atoms with Crippen molar-refractivity contribution < 1.29 is 4.42 Å². The van der Waals surface area contributed by atoms with Gasteiger partial charge in [0.2, 0.25) is 0 Å². The molecule has 282 valence electrons. The van der Waals surface area contributed by atoms with Gasteiger partial charge in [-0.1, -0.05) is 188 Å². The van der Waals surface area contributed by atoms with Gasteiger partial charge < -0.3 is 4.42 Å². The van der Waals surface area contributed by atoms with E-state index in [9.17, 15) is 0 Å². The number of hydrogen-bond acceptors (Lipinski definition) is 3. The van der Waals surface area contributed by atoms with Crippen LogP contribution in [-0.2, 0) is 0 Å². The molecule has 11 aromatic rings. The number of hydrogen-bond donors (Lipinski definition) is 0. The molecule has 0 unspecified atom stereocenters. The van der Waals surface area contributed by atoms with Crippen LogP contribution >= 0.6 is 0 Å². The smallest absolute Gasteiger partial charge is 0.160 e. The number of nitrogens with zero attached hydrogens (tertiary/aromatic N) is 2. The molecule has 0 amide bonds. The molecule has 0 N–H and O–H groups in total. The van der Waals surface area contributed by atoms with Gasteiger partial charge in [0.1, 0.15) is 11.2 Å². The third-order valence-corrected chi connectivity index (χ3v) is 11.7. The molecule has 0 spiro atoms. The summed E-state index contributed by atoms with van der Waals surface area (Å²) in [6.45, 7) is 2.14. The molecule has 0 radical (unpaired) electrons. The molecule has 0 aliphatic carbocycles. The molecule has 60 heavy (non-hydrogen) atoms. The second-order valence-electron chi connectivity index (χ2n) is 15.3. The van der Waals surface area contributed by atoms with Gasteiger partial charge in [-0.2, -0.15) is 0 Å². The monoisotopic (exact) mass is 766 g/mol.